The van der Waals surface area contributed by atoms with Crippen LogP contribution in [0.25, 0.3) is 0 Å². The molecule has 1 aromatic heterocycles. The summed E-state index contributed by atoms with van der Waals surface area (Å²) in [4.78, 5) is 30.3. The van der Waals surface area contributed by atoms with Gasteiger partial charge in [0.15, 0.2) is 0 Å². The van der Waals surface area contributed by atoms with E-state index in [0.717, 1.165) is 5.56 Å². The van der Waals surface area contributed by atoms with E-state index in [-0.39, 0.29) is 11.3 Å². The maximum atomic E-state index is 12.9. The van der Waals surface area contributed by atoms with E-state index in [1.54, 1.807) is 18.2 Å². The molecule has 0 unspecified atom stereocenters. The molecule has 1 aliphatic rings. The number of pyridine rings is 1. The first kappa shape index (κ1) is 21.5. The fourth-order valence-electron chi connectivity index (χ4n) is 3.64. The number of carbonyl (C=O) groups excluding carboxylic acids is 1. The Bertz CT molecular complexity index is 1200. The zero-order valence-electron chi connectivity index (χ0n) is 17.8. The number of amides is 1. The molecular formula is C24H24N4O4. The van der Waals surface area contributed by atoms with Gasteiger partial charge >= 0.3 is 0 Å². The number of nitro groups is 1. The minimum atomic E-state index is -0.523. The quantitative estimate of drug-likeness (QED) is 0.456. The fourth-order valence-corrected chi connectivity index (χ4v) is 3.64. The number of rotatable bonds is 5. The van der Waals surface area contributed by atoms with Crippen molar-refractivity contribution in [2.24, 2.45) is 4.99 Å². The second-order valence-electron chi connectivity index (χ2n) is 7.65. The number of hydrogen-bond donors (Lipinski definition) is 0. The summed E-state index contributed by atoms with van der Waals surface area (Å²) in [6.07, 6.45) is 1.86. The topological polar surface area (TPSA) is 90.0 Å². The number of nitrogens with zero attached hydrogens (tertiary/aromatic N) is 4. The Morgan fingerprint density at radius 3 is 2.56 bits per heavy atom. The third-order valence-electron chi connectivity index (χ3n) is 5.38. The van der Waals surface area contributed by atoms with Crippen molar-refractivity contribution in [3.05, 3.63) is 99.2 Å². The number of ether oxygens (including phenoxy) is 1. The van der Waals surface area contributed by atoms with E-state index in [1.165, 1.54) is 11.6 Å². The summed E-state index contributed by atoms with van der Waals surface area (Å²) in [6, 6.07) is 18.1. The summed E-state index contributed by atoms with van der Waals surface area (Å²) in [5.41, 5.74) is 3.31. The molecule has 0 atom stereocenters. The molecule has 0 radical (unpaired) electrons. The van der Waals surface area contributed by atoms with Crippen LogP contribution in [-0.4, -0.2) is 41.7 Å². The zero-order valence-corrected chi connectivity index (χ0v) is 17.8. The predicted molar refractivity (Wildman–Crippen MR) is 121 cm³/mol. The predicted octanol–water partition coefficient (Wildman–Crippen LogP) is 3.33. The smallest absolute Gasteiger partial charge is 0.293 e. The third-order valence-corrected chi connectivity index (χ3v) is 5.38. The normalized spacial score (nSPS) is 14.4. The second kappa shape index (κ2) is 9.57. The van der Waals surface area contributed by atoms with Crippen LogP contribution in [0.3, 0.4) is 0 Å². The molecule has 1 saturated heterocycles. The molecule has 0 saturated carbocycles. The number of anilines is 1. The molecule has 1 fully saturated rings. The Balaban J connectivity index is 1.64. The molecule has 164 valence electrons. The lowest BCUT2D eigenvalue weighted by Crippen LogP contribution is -2.36. The molecule has 1 aliphatic heterocycles. The fraction of sp³-hybridized carbons (Fsp3) is 0.250. The third kappa shape index (κ3) is 4.92. The van der Waals surface area contributed by atoms with Crippen LogP contribution in [0.5, 0.6) is 0 Å². The van der Waals surface area contributed by atoms with Crippen LogP contribution in [0.4, 0.5) is 11.4 Å². The highest BCUT2D eigenvalue weighted by Crippen LogP contribution is 2.30. The number of carbonyl (C=O) groups is 1. The number of aromatic nitrogens is 1. The van der Waals surface area contributed by atoms with E-state index in [2.05, 4.69) is 4.99 Å². The largest absolute Gasteiger partial charge is 0.378 e. The Hall–Kier alpha value is -3.78. The van der Waals surface area contributed by atoms with Crippen LogP contribution in [-0.2, 0) is 11.3 Å². The van der Waals surface area contributed by atoms with Gasteiger partial charge in [-0.1, -0.05) is 35.9 Å². The van der Waals surface area contributed by atoms with Crippen LogP contribution in [0, 0.1) is 17.0 Å². The van der Waals surface area contributed by atoms with Crippen molar-refractivity contribution in [3.63, 3.8) is 0 Å². The average molecular weight is 432 g/mol. The minimum absolute atomic E-state index is 0.103. The van der Waals surface area contributed by atoms with Gasteiger partial charge in [-0.25, -0.2) is 0 Å². The van der Waals surface area contributed by atoms with Gasteiger partial charge in [0.2, 0.25) is 0 Å². The van der Waals surface area contributed by atoms with Crippen LogP contribution >= 0.6 is 0 Å². The summed E-state index contributed by atoms with van der Waals surface area (Å²) in [5, 5.41) is 11.7. The molecule has 8 heteroatoms. The lowest BCUT2D eigenvalue weighted by atomic mass is 10.1. The molecule has 4 rings (SSSR count). The van der Waals surface area contributed by atoms with Gasteiger partial charge in [0.1, 0.15) is 11.2 Å². The summed E-state index contributed by atoms with van der Waals surface area (Å²) in [7, 11) is 0. The summed E-state index contributed by atoms with van der Waals surface area (Å²) in [6.45, 7) is 4.76. The van der Waals surface area contributed by atoms with Gasteiger partial charge in [0.25, 0.3) is 11.6 Å². The first-order valence-corrected chi connectivity index (χ1v) is 10.4. The van der Waals surface area contributed by atoms with Crippen LogP contribution in [0.15, 0.2) is 71.9 Å². The molecule has 0 N–H and O–H groups in total. The summed E-state index contributed by atoms with van der Waals surface area (Å²) in [5.74, 6) is -0.523. The monoisotopic (exact) mass is 432 g/mol. The highest BCUT2D eigenvalue weighted by Gasteiger charge is 2.23. The standard InChI is InChI=1S/C24H24N4O4/c1-18-5-7-19(8-6-18)17-27-11-3-2-4-23(27)25-24(29)20-9-10-21(22(16-20)28(30)31)26-12-14-32-15-13-26/h2-11,16H,12-15,17H2,1H3. The van der Waals surface area contributed by atoms with Crippen molar-refractivity contribution in [2.75, 3.05) is 31.2 Å². The van der Waals surface area contributed by atoms with Crippen molar-refractivity contribution in [1.82, 2.24) is 4.57 Å². The zero-order chi connectivity index (χ0) is 22.5. The lowest BCUT2D eigenvalue weighted by Gasteiger charge is -2.28. The van der Waals surface area contributed by atoms with E-state index in [9.17, 15) is 14.9 Å². The molecule has 2 aromatic carbocycles. The van der Waals surface area contributed by atoms with Crippen LogP contribution < -0.4 is 10.4 Å². The van der Waals surface area contributed by atoms with Gasteiger partial charge in [-0.3, -0.25) is 14.9 Å². The average Bonchev–Trinajstić information content (AvgIpc) is 2.82. The number of aryl methyl sites for hydroxylation is 1. The van der Waals surface area contributed by atoms with E-state index in [1.807, 2.05) is 59.0 Å². The Labute approximate surface area is 185 Å². The first-order chi connectivity index (χ1) is 15.5. The second-order valence-corrected chi connectivity index (χ2v) is 7.65. The highest BCUT2D eigenvalue weighted by atomic mass is 16.6. The summed E-state index contributed by atoms with van der Waals surface area (Å²) >= 11 is 0. The molecule has 0 bridgehead atoms. The molecular weight excluding hydrogens is 408 g/mol. The van der Waals surface area contributed by atoms with E-state index in [0.29, 0.717) is 44.0 Å². The summed E-state index contributed by atoms with van der Waals surface area (Å²) < 4.78 is 7.20. The van der Waals surface area contributed by atoms with Crippen molar-refractivity contribution in [1.29, 1.82) is 0 Å². The van der Waals surface area contributed by atoms with Crippen molar-refractivity contribution in [2.45, 2.75) is 13.5 Å². The molecule has 1 amide bonds. The Kier molecular flexibility index (Phi) is 6.42. The highest BCUT2D eigenvalue weighted by molar-refractivity contribution is 5.96. The maximum Gasteiger partial charge on any atom is 0.293 e. The van der Waals surface area contributed by atoms with Gasteiger partial charge in [-0.15, -0.1) is 0 Å². The minimum Gasteiger partial charge on any atom is -0.378 e. The van der Waals surface area contributed by atoms with Gasteiger partial charge < -0.3 is 14.2 Å². The first-order valence-electron chi connectivity index (χ1n) is 10.4. The van der Waals surface area contributed by atoms with Crippen molar-refractivity contribution < 1.29 is 14.5 Å². The number of benzene rings is 2. The molecule has 3 aromatic rings. The van der Waals surface area contributed by atoms with Crippen molar-refractivity contribution >= 4 is 17.3 Å². The van der Waals surface area contributed by atoms with Gasteiger partial charge in [0.05, 0.1) is 18.1 Å². The van der Waals surface area contributed by atoms with Gasteiger partial charge in [0, 0.05) is 37.5 Å². The lowest BCUT2D eigenvalue weighted by molar-refractivity contribution is -0.384. The van der Waals surface area contributed by atoms with Gasteiger partial charge in [-0.05, 0) is 36.8 Å². The number of hydrogen-bond acceptors (Lipinski definition) is 5. The van der Waals surface area contributed by atoms with E-state index < -0.39 is 10.8 Å². The maximum absolute atomic E-state index is 12.9. The molecule has 8 nitrogen and oxygen atoms in total. The SMILES string of the molecule is Cc1ccc(Cn2ccccc2=NC(=O)c2ccc(N3CCOCC3)c([N+](=O)[O-])c2)cc1. The van der Waals surface area contributed by atoms with E-state index >= 15 is 0 Å². The molecule has 2 heterocycles. The van der Waals surface area contributed by atoms with E-state index in [4.69, 9.17) is 4.74 Å². The van der Waals surface area contributed by atoms with Crippen molar-refractivity contribution in [3.8, 4) is 0 Å². The number of morpholine rings is 1. The van der Waals surface area contributed by atoms with Crippen LogP contribution in [0.2, 0.25) is 0 Å². The molecule has 32 heavy (non-hydrogen) atoms. The van der Waals surface area contributed by atoms with Crippen LogP contribution in [0.1, 0.15) is 21.5 Å². The molecule has 0 aliphatic carbocycles. The van der Waals surface area contributed by atoms with Gasteiger partial charge in [-0.2, -0.15) is 4.99 Å². The number of nitro benzene ring substituents is 1. The Morgan fingerprint density at radius 1 is 1.09 bits per heavy atom. The molecule has 0 spiro atoms. The Morgan fingerprint density at radius 2 is 1.84 bits per heavy atom.